The molecule has 3 aromatic carbocycles. The first kappa shape index (κ1) is 20.5. The second-order valence-electron chi connectivity index (χ2n) is 7.98. The maximum absolute atomic E-state index is 13.7. The van der Waals surface area contributed by atoms with Gasteiger partial charge in [-0.1, -0.05) is 48.5 Å². The molecular weight excluding hydrogens is 414 g/mol. The molecule has 0 unspecified atom stereocenters. The highest BCUT2D eigenvalue weighted by Gasteiger charge is 2.33. The van der Waals surface area contributed by atoms with E-state index in [2.05, 4.69) is 70.9 Å². The van der Waals surface area contributed by atoms with Crippen LogP contribution in [0.1, 0.15) is 28.4 Å². The van der Waals surface area contributed by atoms with Gasteiger partial charge in [0.2, 0.25) is 0 Å². The lowest BCUT2D eigenvalue weighted by atomic mass is 10.0. The molecule has 0 saturated heterocycles. The fraction of sp³-hybridized carbons (Fsp3) is 0.148. The van der Waals surface area contributed by atoms with Crippen LogP contribution >= 0.6 is 11.8 Å². The number of rotatable bonds is 3. The van der Waals surface area contributed by atoms with Crippen molar-refractivity contribution < 1.29 is 4.79 Å². The van der Waals surface area contributed by atoms with E-state index in [-0.39, 0.29) is 12.1 Å². The van der Waals surface area contributed by atoms with E-state index in [1.54, 1.807) is 11.8 Å². The molecule has 1 aliphatic heterocycles. The fourth-order valence-corrected chi connectivity index (χ4v) is 4.78. The van der Waals surface area contributed by atoms with Gasteiger partial charge in [0, 0.05) is 22.5 Å². The van der Waals surface area contributed by atoms with E-state index in [4.69, 9.17) is 0 Å². The zero-order valence-corrected chi connectivity index (χ0v) is 19.0. The number of nitrogens with one attached hydrogen (secondary N) is 1. The number of benzene rings is 3. The molecular formula is C27H25N3OS. The molecule has 4 aromatic rings. The van der Waals surface area contributed by atoms with E-state index in [1.807, 2.05) is 48.2 Å². The van der Waals surface area contributed by atoms with Gasteiger partial charge in [0.25, 0.3) is 0 Å². The zero-order valence-electron chi connectivity index (χ0n) is 18.2. The maximum atomic E-state index is 13.7. The number of amides is 2. The molecule has 0 spiro atoms. The third kappa shape index (κ3) is 3.69. The Morgan fingerprint density at radius 3 is 2.47 bits per heavy atom. The van der Waals surface area contributed by atoms with Crippen molar-refractivity contribution in [1.29, 1.82) is 0 Å². The Morgan fingerprint density at radius 1 is 0.938 bits per heavy atom. The monoisotopic (exact) mass is 439 g/mol. The Kier molecular flexibility index (Phi) is 5.50. The van der Waals surface area contributed by atoms with Crippen LogP contribution in [-0.4, -0.2) is 21.8 Å². The summed E-state index contributed by atoms with van der Waals surface area (Å²) in [7, 11) is 0. The number of aryl methyl sites for hydroxylation is 1. The first-order valence-corrected chi connectivity index (χ1v) is 11.9. The van der Waals surface area contributed by atoms with Gasteiger partial charge in [0.05, 0.1) is 18.3 Å². The molecule has 2 heterocycles. The minimum Gasteiger partial charge on any atom is -0.318 e. The summed E-state index contributed by atoms with van der Waals surface area (Å²) >= 11 is 1.72. The van der Waals surface area contributed by atoms with Gasteiger partial charge in [0.15, 0.2) is 0 Å². The van der Waals surface area contributed by atoms with Crippen molar-refractivity contribution in [2.45, 2.75) is 24.4 Å². The molecule has 1 N–H and O–H groups in total. The maximum Gasteiger partial charge on any atom is 0.322 e. The van der Waals surface area contributed by atoms with Gasteiger partial charge in [-0.15, -0.1) is 11.8 Å². The number of hydrogen-bond donors (Lipinski definition) is 1. The van der Waals surface area contributed by atoms with Crippen LogP contribution in [0.4, 0.5) is 10.5 Å². The number of urea groups is 1. The predicted octanol–water partition coefficient (Wildman–Crippen LogP) is 6.64. The quantitative estimate of drug-likeness (QED) is 0.363. The standard InChI is InChI=1S/C27H25N3OS/c1-19-8-3-5-10-23(19)28-27(31)30-18-21-9-4-6-11-24(21)29-17-7-12-25(29)26(30)20-13-15-22(32-2)16-14-20/h3-17,26H,18H2,1-2H3,(H,28,31)/t26-/m0/s1. The summed E-state index contributed by atoms with van der Waals surface area (Å²) in [6.07, 6.45) is 4.16. The van der Waals surface area contributed by atoms with Crippen LogP contribution in [0.3, 0.4) is 0 Å². The van der Waals surface area contributed by atoms with Gasteiger partial charge in [-0.3, -0.25) is 0 Å². The van der Waals surface area contributed by atoms with Crippen molar-refractivity contribution in [3.05, 3.63) is 114 Å². The molecule has 32 heavy (non-hydrogen) atoms. The molecule has 0 radical (unpaired) electrons. The predicted molar refractivity (Wildman–Crippen MR) is 132 cm³/mol. The first-order valence-electron chi connectivity index (χ1n) is 10.7. The molecule has 0 aliphatic carbocycles. The highest BCUT2D eigenvalue weighted by Crippen LogP contribution is 2.37. The second-order valence-corrected chi connectivity index (χ2v) is 8.86. The SMILES string of the molecule is CSc1ccc([C@H]2c3cccn3-c3ccccc3CN2C(=O)Nc2ccccc2C)cc1. The van der Waals surface area contributed by atoms with E-state index >= 15 is 0 Å². The van der Waals surface area contributed by atoms with Crippen LogP contribution in [0.15, 0.2) is 96.0 Å². The summed E-state index contributed by atoms with van der Waals surface area (Å²) in [5.41, 5.74) is 6.28. The number of thioether (sulfide) groups is 1. The second kappa shape index (κ2) is 8.60. The minimum absolute atomic E-state index is 0.109. The van der Waals surface area contributed by atoms with Gasteiger partial charge >= 0.3 is 6.03 Å². The third-order valence-corrected chi connectivity index (χ3v) is 6.79. The van der Waals surface area contributed by atoms with Gasteiger partial charge in [-0.05, 0) is 66.3 Å². The average Bonchev–Trinajstić information content (AvgIpc) is 3.25. The molecule has 0 bridgehead atoms. The number of carbonyl (C=O) groups excluding carboxylic acids is 1. The average molecular weight is 440 g/mol. The Hall–Kier alpha value is -3.44. The molecule has 160 valence electrons. The van der Waals surface area contributed by atoms with E-state index in [0.717, 1.165) is 33.8 Å². The molecule has 1 aliphatic rings. The van der Waals surface area contributed by atoms with Crippen molar-refractivity contribution in [3.8, 4) is 5.69 Å². The molecule has 2 amide bonds. The largest absolute Gasteiger partial charge is 0.322 e. The summed E-state index contributed by atoms with van der Waals surface area (Å²) in [6, 6.07) is 28.6. The lowest BCUT2D eigenvalue weighted by Crippen LogP contribution is -2.38. The number of nitrogens with zero attached hydrogens (tertiary/aromatic N) is 2. The van der Waals surface area contributed by atoms with E-state index in [9.17, 15) is 4.79 Å². The van der Waals surface area contributed by atoms with Gasteiger partial charge in [-0.2, -0.15) is 0 Å². The van der Waals surface area contributed by atoms with Gasteiger partial charge in [0.1, 0.15) is 0 Å². The molecule has 5 rings (SSSR count). The summed E-state index contributed by atoms with van der Waals surface area (Å²) in [5.74, 6) is 0. The summed E-state index contributed by atoms with van der Waals surface area (Å²) in [4.78, 5) is 16.9. The number of aromatic nitrogens is 1. The van der Waals surface area contributed by atoms with Crippen LogP contribution in [0.2, 0.25) is 0 Å². The Bertz CT molecular complexity index is 1260. The number of para-hydroxylation sites is 2. The van der Waals surface area contributed by atoms with Crippen molar-refractivity contribution in [3.63, 3.8) is 0 Å². The Labute approximate surface area is 192 Å². The lowest BCUT2D eigenvalue weighted by molar-refractivity contribution is 0.194. The topological polar surface area (TPSA) is 37.3 Å². The fourth-order valence-electron chi connectivity index (χ4n) is 4.38. The molecule has 1 atom stereocenters. The molecule has 0 saturated carbocycles. The Balaban J connectivity index is 1.63. The van der Waals surface area contributed by atoms with Crippen molar-refractivity contribution in [1.82, 2.24) is 9.47 Å². The number of hydrogen-bond acceptors (Lipinski definition) is 2. The molecule has 5 heteroatoms. The summed E-state index contributed by atoms with van der Waals surface area (Å²) < 4.78 is 2.21. The summed E-state index contributed by atoms with van der Waals surface area (Å²) in [6.45, 7) is 2.53. The van der Waals surface area contributed by atoms with Crippen LogP contribution in [0, 0.1) is 6.92 Å². The van der Waals surface area contributed by atoms with E-state index < -0.39 is 0 Å². The van der Waals surface area contributed by atoms with Crippen molar-refractivity contribution in [2.24, 2.45) is 0 Å². The number of carbonyl (C=O) groups is 1. The van der Waals surface area contributed by atoms with Gasteiger partial charge < -0.3 is 14.8 Å². The molecule has 4 nitrogen and oxygen atoms in total. The van der Waals surface area contributed by atoms with E-state index in [0.29, 0.717) is 6.54 Å². The van der Waals surface area contributed by atoms with Crippen LogP contribution in [-0.2, 0) is 6.54 Å². The van der Waals surface area contributed by atoms with Crippen LogP contribution in [0.5, 0.6) is 0 Å². The Morgan fingerprint density at radius 2 is 1.69 bits per heavy atom. The van der Waals surface area contributed by atoms with Crippen molar-refractivity contribution >= 4 is 23.5 Å². The summed E-state index contributed by atoms with van der Waals surface area (Å²) in [5, 5.41) is 3.16. The molecule has 1 aromatic heterocycles. The van der Waals surface area contributed by atoms with Crippen molar-refractivity contribution in [2.75, 3.05) is 11.6 Å². The van der Waals surface area contributed by atoms with Crippen LogP contribution in [0.25, 0.3) is 5.69 Å². The first-order chi connectivity index (χ1) is 15.7. The lowest BCUT2D eigenvalue weighted by Gasteiger charge is -2.31. The highest BCUT2D eigenvalue weighted by molar-refractivity contribution is 7.98. The number of fused-ring (bicyclic) bond motifs is 3. The smallest absolute Gasteiger partial charge is 0.318 e. The third-order valence-electron chi connectivity index (χ3n) is 6.04. The highest BCUT2D eigenvalue weighted by atomic mass is 32.2. The number of anilines is 1. The van der Waals surface area contributed by atoms with E-state index in [1.165, 1.54) is 4.90 Å². The normalized spacial score (nSPS) is 14.9. The van der Waals surface area contributed by atoms with Gasteiger partial charge in [-0.25, -0.2) is 4.79 Å². The van der Waals surface area contributed by atoms with Crippen LogP contribution < -0.4 is 5.32 Å². The molecule has 0 fully saturated rings. The zero-order chi connectivity index (χ0) is 22.1. The minimum atomic E-state index is -0.211.